The lowest BCUT2D eigenvalue weighted by Crippen LogP contribution is -2.43. The van der Waals surface area contributed by atoms with Crippen molar-refractivity contribution in [3.63, 3.8) is 0 Å². The molecule has 31 heavy (non-hydrogen) atoms. The van der Waals surface area contributed by atoms with Crippen LogP contribution >= 0.6 is 0 Å². The van der Waals surface area contributed by atoms with E-state index in [2.05, 4.69) is 23.9 Å². The van der Waals surface area contributed by atoms with Gasteiger partial charge in [0.05, 0.1) is 4.90 Å². The summed E-state index contributed by atoms with van der Waals surface area (Å²) in [5.74, 6) is 0.687. The minimum absolute atomic E-state index is 0.132. The van der Waals surface area contributed by atoms with Crippen molar-refractivity contribution in [3.8, 4) is 5.75 Å². The fourth-order valence-electron chi connectivity index (χ4n) is 3.67. The van der Waals surface area contributed by atoms with E-state index in [0.29, 0.717) is 17.4 Å². The third kappa shape index (κ3) is 6.47. The number of hydrogen-bond donors (Lipinski definition) is 2. The van der Waals surface area contributed by atoms with E-state index in [1.807, 2.05) is 12.1 Å². The summed E-state index contributed by atoms with van der Waals surface area (Å²) < 4.78 is 33.6. The van der Waals surface area contributed by atoms with Gasteiger partial charge in [-0.25, -0.2) is 8.42 Å². The molecule has 0 radical (unpaired) electrons. The topological polar surface area (TPSA) is 84.5 Å². The summed E-state index contributed by atoms with van der Waals surface area (Å²) in [4.78, 5) is 12.5. The molecule has 0 heterocycles. The van der Waals surface area contributed by atoms with E-state index in [0.717, 1.165) is 31.2 Å². The summed E-state index contributed by atoms with van der Waals surface area (Å²) in [5, 5.41) is 3.04. The predicted molar refractivity (Wildman–Crippen MR) is 123 cm³/mol. The molecule has 0 aliphatic heterocycles. The molecule has 1 aliphatic carbocycles. The Labute approximate surface area is 185 Å². The Morgan fingerprint density at radius 1 is 0.935 bits per heavy atom. The molecular formula is C24H32N2O4S. The second-order valence-corrected chi connectivity index (χ2v) is 10.1. The number of anilines is 1. The molecule has 2 aromatic rings. The van der Waals surface area contributed by atoms with Crippen LogP contribution in [0.1, 0.15) is 64.4 Å². The molecule has 0 unspecified atom stereocenters. The molecule has 7 heteroatoms. The maximum Gasteiger partial charge on any atom is 0.261 e. The Morgan fingerprint density at radius 3 is 2.13 bits per heavy atom. The van der Waals surface area contributed by atoms with Crippen molar-refractivity contribution >= 4 is 21.6 Å². The molecule has 1 fully saturated rings. The number of rotatable bonds is 8. The largest absolute Gasteiger partial charge is 0.481 e. The van der Waals surface area contributed by atoms with Crippen LogP contribution in [-0.2, 0) is 14.8 Å². The molecule has 0 spiro atoms. The van der Waals surface area contributed by atoms with Gasteiger partial charge >= 0.3 is 0 Å². The average Bonchev–Trinajstić information content (AvgIpc) is 2.75. The van der Waals surface area contributed by atoms with E-state index >= 15 is 0 Å². The molecule has 2 N–H and O–H groups in total. The van der Waals surface area contributed by atoms with Gasteiger partial charge in [0, 0.05) is 11.7 Å². The highest BCUT2D eigenvalue weighted by atomic mass is 32.2. The maximum atomic E-state index is 12.7. The molecule has 0 saturated heterocycles. The van der Waals surface area contributed by atoms with Crippen molar-refractivity contribution in [2.24, 2.45) is 0 Å². The Morgan fingerprint density at radius 2 is 1.55 bits per heavy atom. The first kappa shape index (κ1) is 23.1. The summed E-state index contributed by atoms with van der Waals surface area (Å²) in [6.07, 6.45) is 4.89. The normalized spacial score (nSPS) is 16.0. The van der Waals surface area contributed by atoms with Crippen LogP contribution in [0, 0.1) is 0 Å². The number of amides is 1. The molecule has 168 valence electrons. The average molecular weight is 445 g/mol. The first-order valence-electron chi connectivity index (χ1n) is 10.9. The van der Waals surface area contributed by atoms with Gasteiger partial charge < -0.3 is 10.1 Å². The summed E-state index contributed by atoms with van der Waals surface area (Å²) in [5.41, 5.74) is 1.66. The third-order valence-electron chi connectivity index (χ3n) is 5.60. The van der Waals surface area contributed by atoms with Gasteiger partial charge in [0.25, 0.3) is 15.9 Å². The highest BCUT2D eigenvalue weighted by Gasteiger charge is 2.21. The van der Waals surface area contributed by atoms with Gasteiger partial charge in [0.15, 0.2) is 6.10 Å². The van der Waals surface area contributed by atoms with Gasteiger partial charge in [-0.3, -0.25) is 9.52 Å². The molecule has 2 aromatic carbocycles. The van der Waals surface area contributed by atoms with Crippen molar-refractivity contribution in [1.82, 2.24) is 5.32 Å². The van der Waals surface area contributed by atoms with E-state index in [4.69, 9.17) is 4.74 Å². The van der Waals surface area contributed by atoms with Crippen molar-refractivity contribution in [3.05, 3.63) is 54.1 Å². The zero-order valence-electron chi connectivity index (χ0n) is 18.4. The lowest BCUT2D eigenvalue weighted by atomic mass is 9.95. The summed E-state index contributed by atoms with van der Waals surface area (Å²) in [7, 11) is -3.71. The number of ether oxygens (including phenoxy) is 1. The van der Waals surface area contributed by atoms with Crippen LogP contribution in [0.15, 0.2) is 53.4 Å². The van der Waals surface area contributed by atoms with Gasteiger partial charge in [-0.1, -0.05) is 45.2 Å². The lowest BCUT2D eigenvalue weighted by molar-refractivity contribution is -0.128. The van der Waals surface area contributed by atoms with E-state index in [-0.39, 0.29) is 16.8 Å². The van der Waals surface area contributed by atoms with Crippen molar-refractivity contribution in [1.29, 1.82) is 0 Å². The predicted octanol–water partition coefficient (Wildman–Crippen LogP) is 4.83. The second-order valence-electron chi connectivity index (χ2n) is 8.46. The van der Waals surface area contributed by atoms with Gasteiger partial charge in [0.1, 0.15) is 5.75 Å². The fourth-order valence-corrected chi connectivity index (χ4v) is 4.73. The van der Waals surface area contributed by atoms with Crippen molar-refractivity contribution in [2.45, 2.75) is 75.8 Å². The van der Waals surface area contributed by atoms with Crippen LogP contribution in [0.3, 0.4) is 0 Å². The van der Waals surface area contributed by atoms with Crippen molar-refractivity contribution < 1.29 is 17.9 Å². The number of carbonyl (C=O) groups is 1. The molecule has 1 amide bonds. The van der Waals surface area contributed by atoms with Crippen LogP contribution in [-0.4, -0.2) is 26.5 Å². The third-order valence-corrected chi connectivity index (χ3v) is 6.99. The fraction of sp³-hybridized carbons (Fsp3) is 0.458. The zero-order valence-corrected chi connectivity index (χ0v) is 19.2. The number of benzene rings is 2. The van der Waals surface area contributed by atoms with Crippen molar-refractivity contribution in [2.75, 3.05) is 4.72 Å². The molecule has 6 nitrogen and oxygen atoms in total. The number of nitrogens with one attached hydrogen (secondary N) is 2. The SMILES string of the molecule is CC(C)c1ccc(NS(=O)(=O)c2ccc(O[C@H](C)C(=O)NC3CCCCC3)cc2)cc1. The number of carbonyl (C=O) groups excluding carboxylic acids is 1. The highest BCUT2D eigenvalue weighted by Crippen LogP contribution is 2.22. The van der Waals surface area contributed by atoms with Gasteiger partial charge in [-0.05, 0) is 67.6 Å². The highest BCUT2D eigenvalue weighted by molar-refractivity contribution is 7.92. The molecule has 3 rings (SSSR count). The van der Waals surface area contributed by atoms with Gasteiger partial charge in [-0.2, -0.15) is 0 Å². The Bertz CT molecular complexity index is 964. The second kappa shape index (κ2) is 10.2. The molecule has 1 aliphatic rings. The Hall–Kier alpha value is -2.54. The number of sulfonamides is 1. The monoisotopic (exact) mass is 444 g/mol. The summed E-state index contributed by atoms with van der Waals surface area (Å²) >= 11 is 0. The molecule has 1 atom stereocenters. The maximum absolute atomic E-state index is 12.7. The van der Waals surface area contributed by atoms with E-state index in [1.165, 1.54) is 18.6 Å². The minimum Gasteiger partial charge on any atom is -0.481 e. The first-order valence-corrected chi connectivity index (χ1v) is 12.4. The van der Waals surface area contributed by atoms with Gasteiger partial charge in [0.2, 0.25) is 0 Å². The van der Waals surface area contributed by atoms with E-state index < -0.39 is 16.1 Å². The van der Waals surface area contributed by atoms with Crippen LogP contribution < -0.4 is 14.8 Å². The quantitative estimate of drug-likeness (QED) is 0.611. The van der Waals surface area contributed by atoms with Crippen LogP contribution in [0.25, 0.3) is 0 Å². The Balaban J connectivity index is 1.58. The Kier molecular flexibility index (Phi) is 7.59. The molecular weight excluding hydrogens is 412 g/mol. The number of hydrogen-bond acceptors (Lipinski definition) is 4. The van der Waals surface area contributed by atoms with Crippen LogP contribution in [0.2, 0.25) is 0 Å². The minimum atomic E-state index is -3.71. The summed E-state index contributed by atoms with van der Waals surface area (Å²) in [6, 6.07) is 13.7. The standard InChI is InChI=1S/C24H32N2O4S/c1-17(2)19-9-11-21(12-10-19)26-31(28,29)23-15-13-22(14-16-23)30-18(3)24(27)25-20-7-5-4-6-8-20/h9-18,20,26H,4-8H2,1-3H3,(H,25,27)/t18-/m1/s1. The van der Waals surface area contributed by atoms with Gasteiger partial charge in [-0.15, -0.1) is 0 Å². The lowest BCUT2D eigenvalue weighted by Gasteiger charge is -2.24. The first-order chi connectivity index (χ1) is 14.7. The summed E-state index contributed by atoms with van der Waals surface area (Å²) in [6.45, 7) is 5.87. The smallest absolute Gasteiger partial charge is 0.261 e. The zero-order chi connectivity index (χ0) is 22.4. The molecule has 0 bridgehead atoms. The van der Waals surface area contributed by atoms with E-state index in [1.54, 1.807) is 31.2 Å². The van der Waals surface area contributed by atoms with Crippen LogP contribution in [0.4, 0.5) is 5.69 Å². The molecule has 0 aromatic heterocycles. The van der Waals surface area contributed by atoms with Crippen LogP contribution in [0.5, 0.6) is 5.75 Å². The molecule has 1 saturated carbocycles. The van der Waals surface area contributed by atoms with E-state index in [9.17, 15) is 13.2 Å².